The van der Waals surface area contributed by atoms with Crippen LogP contribution in [0.5, 0.6) is 0 Å². The number of imidazole rings is 1. The fourth-order valence-electron chi connectivity index (χ4n) is 2.46. The van der Waals surface area contributed by atoms with Gasteiger partial charge in [-0.3, -0.25) is 9.20 Å². The maximum absolute atomic E-state index is 12.6. The average Bonchev–Trinajstić information content (AvgIpc) is 2.83. The quantitative estimate of drug-likeness (QED) is 0.885. The van der Waals surface area contributed by atoms with Crippen LogP contribution in [0.1, 0.15) is 42.5 Å². The van der Waals surface area contributed by atoms with E-state index >= 15 is 0 Å². The molecule has 1 amide bonds. The molecule has 0 spiro atoms. The lowest BCUT2D eigenvalue weighted by molar-refractivity contribution is -0.140. The highest BCUT2D eigenvalue weighted by molar-refractivity contribution is 5.97. The summed E-state index contributed by atoms with van der Waals surface area (Å²) < 4.78 is 1.72. The highest BCUT2D eigenvalue weighted by Gasteiger charge is 2.27. The maximum Gasteiger partial charge on any atom is 0.326 e. The van der Waals surface area contributed by atoms with Gasteiger partial charge in [0, 0.05) is 6.20 Å². The molecule has 6 nitrogen and oxygen atoms in total. The molecular weight excluding hydrogens is 282 g/mol. The molecule has 2 rings (SSSR count). The number of amides is 1. The van der Waals surface area contributed by atoms with Crippen molar-refractivity contribution in [1.29, 1.82) is 0 Å². The lowest BCUT2D eigenvalue weighted by Gasteiger charge is -2.18. The van der Waals surface area contributed by atoms with Crippen molar-refractivity contribution >= 4 is 17.5 Å². The van der Waals surface area contributed by atoms with Crippen LogP contribution in [-0.2, 0) is 11.2 Å². The molecule has 0 bridgehead atoms. The summed E-state index contributed by atoms with van der Waals surface area (Å²) in [7, 11) is 0. The number of hydrogen-bond donors (Lipinski definition) is 2. The second kappa shape index (κ2) is 6.17. The minimum atomic E-state index is -1.04. The van der Waals surface area contributed by atoms with Crippen molar-refractivity contribution in [2.24, 2.45) is 5.92 Å². The van der Waals surface area contributed by atoms with E-state index in [0.29, 0.717) is 17.8 Å². The highest BCUT2D eigenvalue weighted by Crippen LogP contribution is 2.17. The van der Waals surface area contributed by atoms with Crippen LogP contribution in [0, 0.1) is 12.8 Å². The molecule has 2 aromatic heterocycles. The van der Waals surface area contributed by atoms with Crippen molar-refractivity contribution < 1.29 is 14.7 Å². The van der Waals surface area contributed by atoms with Crippen molar-refractivity contribution in [3.8, 4) is 0 Å². The standard InChI is InChI=1S/C16H21N3O3/c1-5-11-13(15(20)18-12(9(2)3)16(21)22)19-8-6-7-10(4)14(19)17-11/h6-9,12H,5H2,1-4H3,(H,18,20)(H,21,22). The van der Waals surface area contributed by atoms with E-state index < -0.39 is 17.9 Å². The summed E-state index contributed by atoms with van der Waals surface area (Å²) >= 11 is 0. The molecule has 0 radical (unpaired) electrons. The number of nitrogens with zero attached hydrogens (tertiary/aromatic N) is 2. The number of carboxylic acid groups (broad SMARTS) is 1. The van der Waals surface area contributed by atoms with Gasteiger partial charge in [-0.15, -0.1) is 0 Å². The Morgan fingerprint density at radius 1 is 1.41 bits per heavy atom. The first kappa shape index (κ1) is 16.0. The number of carbonyl (C=O) groups excluding carboxylic acids is 1. The number of aryl methyl sites for hydroxylation is 2. The minimum absolute atomic E-state index is 0.201. The summed E-state index contributed by atoms with van der Waals surface area (Å²) in [4.78, 5) is 28.4. The van der Waals surface area contributed by atoms with E-state index in [0.717, 1.165) is 11.2 Å². The summed E-state index contributed by atoms with van der Waals surface area (Å²) in [6.45, 7) is 7.37. The van der Waals surface area contributed by atoms with Crippen LogP contribution in [0.4, 0.5) is 0 Å². The lowest BCUT2D eigenvalue weighted by atomic mass is 10.0. The molecule has 0 fully saturated rings. The fraction of sp³-hybridized carbons (Fsp3) is 0.438. The third-order valence-corrected chi connectivity index (χ3v) is 3.69. The summed E-state index contributed by atoms with van der Waals surface area (Å²) in [5.41, 5.74) is 2.77. The lowest BCUT2D eigenvalue weighted by Crippen LogP contribution is -2.44. The monoisotopic (exact) mass is 303 g/mol. The number of carboxylic acids is 1. The van der Waals surface area contributed by atoms with E-state index in [4.69, 9.17) is 0 Å². The molecule has 2 aromatic rings. The summed E-state index contributed by atoms with van der Waals surface area (Å²) in [5, 5.41) is 11.8. The van der Waals surface area contributed by atoms with Gasteiger partial charge in [-0.05, 0) is 30.9 Å². The molecule has 0 saturated carbocycles. The predicted octanol–water partition coefficient (Wildman–Crippen LogP) is 2.04. The van der Waals surface area contributed by atoms with Crippen LogP contribution in [0.3, 0.4) is 0 Å². The smallest absolute Gasteiger partial charge is 0.326 e. The number of aliphatic carboxylic acids is 1. The van der Waals surface area contributed by atoms with Gasteiger partial charge in [-0.2, -0.15) is 0 Å². The number of fused-ring (bicyclic) bond motifs is 1. The van der Waals surface area contributed by atoms with Crippen LogP contribution < -0.4 is 5.32 Å². The SMILES string of the molecule is CCc1nc2c(C)cccn2c1C(=O)NC(C(=O)O)C(C)C. The second-order valence-electron chi connectivity index (χ2n) is 5.68. The Labute approximate surface area is 129 Å². The second-order valence-corrected chi connectivity index (χ2v) is 5.68. The van der Waals surface area contributed by atoms with E-state index in [9.17, 15) is 14.7 Å². The van der Waals surface area contributed by atoms with Gasteiger partial charge in [0.1, 0.15) is 17.4 Å². The first-order valence-corrected chi connectivity index (χ1v) is 7.37. The zero-order valence-corrected chi connectivity index (χ0v) is 13.3. The molecule has 0 aromatic carbocycles. The first-order chi connectivity index (χ1) is 10.4. The van der Waals surface area contributed by atoms with Crippen molar-refractivity contribution in [3.63, 3.8) is 0 Å². The molecule has 0 aliphatic heterocycles. The first-order valence-electron chi connectivity index (χ1n) is 7.37. The Balaban J connectivity index is 2.47. The number of pyridine rings is 1. The largest absolute Gasteiger partial charge is 0.480 e. The Morgan fingerprint density at radius 3 is 2.64 bits per heavy atom. The fourth-order valence-corrected chi connectivity index (χ4v) is 2.46. The molecule has 22 heavy (non-hydrogen) atoms. The van der Waals surface area contributed by atoms with Crippen LogP contribution in [-0.4, -0.2) is 32.4 Å². The van der Waals surface area contributed by atoms with Gasteiger partial charge in [0.15, 0.2) is 0 Å². The number of carbonyl (C=O) groups is 2. The average molecular weight is 303 g/mol. The van der Waals surface area contributed by atoms with Crippen molar-refractivity contribution in [3.05, 3.63) is 35.3 Å². The van der Waals surface area contributed by atoms with Crippen LogP contribution >= 0.6 is 0 Å². The van der Waals surface area contributed by atoms with Crippen LogP contribution in [0.2, 0.25) is 0 Å². The van der Waals surface area contributed by atoms with Gasteiger partial charge in [-0.25, -0.2) is 9.78 Å². The number of aromatic nitrogens is 2. The normalized spacial score (nSPS) is 12.6. The third kappa shape index (κ3) is 2.81. The van der Waals surface area contributed by atoms with Gasteiger partial charge in [-0.1, -0.05) is 26.8 Å². The number of rotatable bonds is 5. The Bertz CT molecular complexity index is 719. The molecule has 2 N–H and O–H groups in total. The predicted molar refractivity (Wildman–Crippen MR) is 83.0 cm³/mol. The van der Waals surface area contributed by atoms with E-state index in [1.807, 2.05) is 26.0 Å². The Kier molecular flexibility index (Phi) is 4.49. The zero-order chi connectivity index (χ0) is 16.4. The molecule has 2 heterocycles. The van der Waals surface area contributed by atoms with Crippen LogP contribution in [0.15, 0.2) is 18.3 Å². The maximum atomic E-state index is 12.6. The van der Waals surface area contributed by atoms with Gasteiger partial charge < -0.3 is 10.4 Å². The van der Waals surface area contributed by atoms with E-state index in [2.05, 4.69) is 10.3 Å². The van der Waals surface area contributed by atoms with Gasteiger partial charge in [0.05, 0.1) is 5.69 Å². The zero-order valence-electron chi connectivity index (χ0n) is 13.3. The number of nitrogens with one attached hydrogen (secondary N) is 1. The molecule has 6 heteroatoms. The van der Waals surface area contributed by atoms with Gasteiger partial charge in [0.2, 0.25) is 0 Å². The van der Waals surface area contributed by atoms with E-state index in [-0.39, 0.29) is 5.92 Å². The summed E-state index contributed by atoms with van der Waals surface area (Å²) in [6.07, 6.45) is 2.37. The molecule has 118 valence electrons. The van der Waals surface area contributed by atoms with E-state index in [1.54, 1.807) is 24.4 Å². The minimum Gasteiger partial charge on any atom is -0.480 e. The molecule has 1 unspecified atom stereocenters. The highest BCUT2D eigenvalue weighted by atomic mass is 16.4. The topological polar surface area (TPSA) is 83.7 Å². The molecule has 1 atom stereocenters. The van der Waals surface area contributed by atoms with Crippen LogP contribution in [0.25, 0.3) is 5.65 Å². The Hall–Kier alpha value is -2.37. The molecule has 0 saturated heterocycles. The molecular formula is C16H21N3O3. The molecule has 0 aliphatic carbocycles. The van der Waals surface area contributed by atoms with Crippen molar-refractivity contribution in [2.75, 3.05) is 0 Å². The van der Waals surface area contributed by atoms with Gasteiger partial charge in [0.25, 0.3) is 5.91 Å². The van der Waals surface area contributed by atoms with Gasteiger partial charge >= 0.3 is 5.97 Å². The third-order valence-electron chi connectivity index (χ3n) is 3.69. The summed E-state index contributed by atoms with van der Waals surface area (Å²) in [5.74, 6) is -1.64. The summed E-state index contributed by atoms with van der Waals surface area (Å²) in [6, 6.07) is 2.85. The van der Waals surface area contributed by atoms with Crippen molar-refractivity contribution in [1.82, 2.24) is 14.7 Å². The van der Waals surface area contributed by atoms with E-state index in [1.165, 1.54) is 0 Å². The number of hydrogen-bond acceptors (Lipinski definition) is 3. The Morgan fingerprint density at radius 2 is 2.09 bits per heavy atom. The van der Waals surface area contributed by atoms with Crippen molar-refractivity contribution in [2.45, 2.75) is 40.2 Å². The molecule has 0 aliphatic rings.